The molecule has 1 saturated carbocycles. The molecule has 8 heteroatoms. The molecule has 3 aromatic rings. The number of carbonyl (C=O) groups excluding carboxylic acids is 1. The van der Waals surface area contributed by atoms with Crippen molar-refractivity contribution in [2.45, 2.75) is 56.8 Å². The van der Waals surface area contributed by atoms with E-state index in [2.05, 4.69) is 4.57 Å². The maximum Gasteiger partial charge on any atom is 0.392 e. The van der Waals surface area contributed by atoms with Gasteiger partial charge >= 0.3 is 6.18 Å². The summed E-state index contributed by atoms with van der Waals surface area (Å²) >= 11 is 0. The van der Waals surface area contributed by atoms with Crippen LogP contribution in [0.3, 0.4) is 0 Å². The normalized spacial score (nSPS) is 18.5. The first-order valence-electron chi connectivity index (χ1n) is 11.3. The van der Waals surface area contributed by atoms with Crippen LogP contribution in [0.2, 0.25) is 0 Å². The minimum Gasteiger partial charge on any atom is -1.00 e. The minimum absolute atomic E-state index is 0. The maximum atomic E-state index is 13.2. The Bertz CT molecular complexity index is 1060. The zero-order valence-electron chi connectivity index (χ0n) is 19.0. The molecule has 1 aromatic heterocycles. The van der Waals surface area contributed by atoms with Crippen LogP contribution in [-0.4, -0.2) is 16.7 Å². The average molecular weight is 583 g/mol. The molecule has 34 heavy (non-hydrogen) atoms. The Morgan fingerprint density at radius 2 is 1.59 bits per heavy atom. The fourth-order valence-electron chi connectivity index (χ4n) is 5.52. The van der Waals surface area contributed by atoms with Crippen molar-refractivity contribution in [2.75, 3.05) is 0 Å². The number of primary amides is 1. The van der Waals surface area contributed by atoms with Gasteiger partial charge in [-0.2, -0.15) is 13.2 Å². The largest absolute Gasteiger partial charge is 1.00 e. The number of nitrogens with zero attached hydrogens (tertiary/aromatic N) is 2. The van der Waals surface area contributed by atoms with Crippen LogP contribution >= 0.6 is 0 Å². The molecule has 182 valence electrons. The van der Waals surface area contributed by atoms with Crippen LogP contribution in [0.1, 0.15) is 48.7 Å². The van der Waals surface area contributed by atoms with E-state index in [1.54, 1.807) is 10.8 Å². The average Bonchev–Trinajstić information content (AvgIpc) is 3.41. The van der Waals surface area contributed by atoms with Crippen LogP contribution in [0.4, 0.5) is 13.2 Å². The van der Waals surface area contributed by atoms with E-state index in [9.17, 15) is 18.0 Å². The summed E-state index contributed by atoms with van der Waals surface area (Å²) < 4.78 is 41.8. The maximum absolute atomic E-state index is 13.2. The van der Waals surface area contributed by atoms with E-state index < -0.39 is 18.0 Å². The zero-order valence-corrected chi connectivity index (χ0v) is 21.2. The van der Waals surface area contributed by atoms with Gasteiger partial charge in [0.25, 0.3) is 5.82 Å². The number of amides is 1. The van der Waals surface area contributed by atoms with Crippen molar-refractivity contribution in [1.29, 1.82) is 0 Å². The van der Waals surface area contributed by atoms with E-state index in [0.29, 0.717) is 6.42 Å². The predicted octanol–water partition coefficient (Wildman–Crippen LogP) is 1.85. The Morgan fingerprint density at radius 1 is 1.03 bits per heavy atom. The Kier molecular flexibility index (Phi) is 8.10. The Morgan fingerprint density at radius 3 is 2.09 bits per heavy atom. The lowest BCUT2D eigenvalue weighted by atomic mass is 9.64. The standard InChI is InChI=1S/C26H28F3N3O.HI/c1-19-31(15-14-25(27,28)29)16-17-32(19)23-13-12-22(18-23)26(24(30)33,20-8-4-2-5-9-20)21-10-6-3-7-11-21;/h2-11,16-17,22-23H,12-15,18H2,1H3,(H-,30,33);1H. The van der Waals surface area contributed by atoms with Crippen molar-refractivity contribution in [2.24, 2.45) is 11.7 Å². The van der Waals surface area contributed by atoms with Gasteiger partial charge in [0, 0.05) is 6.92 Å². The molecule has 1 aliphatic carbocycles. The minimum atomic E-state index is -4.19. The van der Waals surface area contributed by atoms with E-state index in [-0.39, 0.29) is 48.4 Å². The summed E-state index contributed by atoms with van der Waals surface area (Å²) in [5, 5.41) is 0. The van der Waals surface area contributed by atoms with Crippen molar-refractivity contribution >= 4 is 5.91 Å². The van der Waals surface area contributed by atoms with Gasteiger partial charge in [0.05, 0.1) is 13.0 Å². The molecule has 2 N–H and O–H groups in total. The first-order valence-corrected chi connectivity index (χ1v) is 11.3. The zero-order chi connectivity index (χ0) is 23.6. The summed E-state index contributed by atoms with van der Waals surface area (Å²) in [5.41, 5.74) is 6.94. The summed E-state index contributed by atoms with van der Waals surface area (Å²) in [5.74, 6) is 0.374. The van der Waals surface area contributed by atoms with Crippen LogP contribution in [0.5, 0.6) is 0 Å². The lowest BCUT2D eigenvalue weighted by Gasteiger charge is -2.37. The third kappa shape index (κ3) is 5.01. The molecule has 0 saturated heterocycles. The van der Waals surface area contributed by atoms with Gasteiger partial charge in [0.1, 0.15) is 23.9 Å². The van der Waals surface area contributed by atoms with E-state index in [0.717, 1.165) is 29.8 Å². The number of benzene rings is 2. The third-order valence-corrected chi connectivity index (χ3v) is 7.09. The van der Waals surface area contributed by atoms with Crippen LogP contribution < -0.4 is 34.3 Å². The fourth-order valence-corrected chi connectivity index (χ4v) is 5.52. The molecule has 1 heterocycles. The number of aromatic nitrogens is 2. The molecule has 0 aliphatic heterocycles. The van der Waals surface area contributed by atoms with Crippen LogP contribution in [0, 0.1) is 12.8 Å². The molecule has 4 rings (SSSR count). The van der Waals surface area contributed by atoms with Crippen LogP contribution in [-0.2, 0) is 16.8 Å². The monoisotopic (exact) mass is 583 g/mol. The number of aryl methyl sites for hydroxylation is 1. The number of alkyl halides is 3. The van der Waals surface area contributed by atoms with Crippen molar-refractivity contribution in [1.82, 2.24) is 4.57 Å². The predicted molar refractivity (Wildman–Crippen MR) is 119 cm³/mol. The third-order valence-electron chi connectivity index (χ3n) is 7.09. The van der Waals surface area contributed by atoms with E-state index in [1.807, 2.05) is 73.8 Å². The molecule has 2 unspecified atom stereocenters. The topological polar surface area (TPSA) is 51.9 Å². The first-order chi connectivity index (χ1) is 15.7. The lowest BCUT2D eigenvalue weighted by Crippen LogP contribution is -3.00. The van der Waals surface area contributed by atoms with Crippen molar-refractivity contribution in [3.63, 3.8) is 0 Å². The van der Waals surface area contributed by atoms with Crippen molar-refractivity contribution in [3.8, 4) is 0 Å². The SMILES string of the molecule is Cc1n(C2CCC(C(C(N)=O)(c3ccccc3)c3ccccc3)C2)cc[n+]1CCC(F)(F)F.[I-]. The highest BCUT2D eigenvalue weighted by molar-refractivity contribution is 5.91. The molecule has 4 nitrogen and oxygen atoms in total. The molecule has 2 atom stereocenters. The highest BCUT2D eigenvalue weighted by Crippen LogP contribution is 2.49. The van der Waals surface area contributed by atoms with Gasteiger partial charge in [-0.15, -0.1) is 0 Å². The van der Waals surface area contributed by atoms with Gasteiger partial charge in [-0.1, -0.05) is 60.7 Å². The van der Waals surface area contributed by atoms with Crippen LogP contribution in [0.15, 0.2) is 73.1 Å². The van der Waals surface area contributed by atoms with Gasteiger partial charge in [0.2, 0.25) is 5.91 Å². The smallest absolute Gasteiger partial charge is 0.392 e. The summed E-state index contributed by atoms with van der Waals surface area (Å²) in [6.45, 7) is 1.75. The quantitative estimate of drug-likeness (QED) is 0.335. The molecular weight excluding hydrogens is 554 g/mol. The highest BCUT2D eigenvalue weighted by atomic mass is 127. The van der Waals surface area contributed by atoms with Gasteiger partial charge in [-0.05, 0) is 36.3 Å². The summed E-state index contributed by atoms with van der Waals surface area (Å²) in [6.07, 6.45) is 0.849. The number of halogens is 4. The molecule has 1 amide bonds. The molecule has 0 radical (unpaired) electrons. The number of hydrogen-bond acceptors (Lipinski definition) is 1. The second kappa shape index (κ2) is 10.5. The van der Waals surface area contributed by atoms with Gasteiger partial charge in [-0.25, -0.2) is 9.13 Å². The number of hydrogen-bond donors (Lipinski definition) is 1. The lowest BCUT2D eigenvalue weighted by molar-refractivity contribution is -0.705. The number of imidazole rings is 1. The first kappa shape index (κ1) is 26.2. The molecule has 2 aromatic carbocycles. The Hall–Kier alpha value is -2.36. The number of carbonyl (C=O) groups is 1. The van der Waals surface area contributed by atoms with Gasteiger partial charge in [-0.3, -0.25) is 4.79 Å². The second-order valence-corrected chi connectivity index (χ2v) is 8.88. The Labute approximate surface area is 215 Å². The van der Waals surface area contributed by atoms with Crippen molar-refractivity contribution < 1.29 is 46.5 Å². The molecule has 0 bridgehead atoms. The summed E-state index contributed by atoms with van der Waals surface area (Å²) in [4.78, 5) is 13.2. The van der Waals surface area contributed by atoms with Gasteiger partial charge in [0.15, 0.2) is 0 Å². The summed E-state index contributed by atoms with van der Waals surface area (Å²) in [7, 11) is 0. The number of nitrogens with two attached hydrogens (primary N) is 1. The second-order valence-electron chi connectivity index (χ2n) is 8.88. The van der Waals surface area contributed by atoms with E-state index >= 15 is 0 Å². The fraction of sp³-hybridized carbons (Fsp3) is 0.385. The molecular formula is C26H29F3IN3O. The summed E-state index contributed by atoms with van der Waals surface area (Å²) in [6, 6.07) is 19.4. The van der Waals surface area contributed by atoms with E-state index in [4.69, 9.17) is 5.73 Å². The Balaban J connectivity index is 0.00000324. The molecule has 1 fully saturated rings. The highest BCUT2D eigenvalue weighted by Gasteiger charge is 2.51. The number of rotatable bonds is 7. The molecule has 0 spiro atoms. The van der Waals surface area contributed by atoms with Crippen LogP contribution in [0.25, 0.3) is 0 Å². The van der Waals surface area contributed by atoms with Gasteiger partial charge < -0.3 is 29.7 Å². The van der Waals surface area contributed by atoms with Crippen molar-refractivity contribution in [3.05, 3.63) is 90.0 Å². The molecule has 1 aliphatic rings. The van der Waals surface area contributed by atoms with E-state index in [1.165, 1.54) is 0 Å².